The molecular weight excluding hydrogens is 309 g/mol. The maximum Gasteiger partial charge on any atom is 0.261 e. The fraction of sp³-hybridized carbons (Fsp3) is 0.316. The molecule has 1 amide bonds. The number of carbonyl (C=O) groups is 1. The van der Waals surface area contributed by atoms with E-state index in [1.54, 1.807) is 7.11 Å². The molecule has 0 saturated carbocycles. The number of benzene rings is 2. The smallest absolute Gasteiger partial charge is 0.261 e. The fourth-order valence-electron chi connectivity index (χ4n) is 2.28. The molecule has 128 valence electrons. The molecule has 0 aliphatic rings. The SMILES string of the molecule is CC[C@@H](Oc1ccc(F)cc1)C(=O)N[C@@H](C)c1ccc(OC)cc1. The summed E-state index contributed by atoms with van der Waals surface area (Å²) in [7, 11) is 1.61. The van der Waals surface area contributed by atoms with Gasteiger partial charge in [-0.15, -0.1) is 0 Å². The molecular formula is C19H22FNO3. The van der Waals surface area contributed by atoms with Crippen molar-refractivity contribution in [3.63, 3.8) is 0 Å². The topological polar surface area (TPSA) is 47.6 Å². The Labute approximate surface area is 141 Å². The maximum absolute atomic E-state index is 12.9. The Hall–Kier alpha value is -2.56. The summed E-state index contributed by atoms with van der Waals surface area (Å²) in [4.78, 5) is 12.4. The van der Waals surface area contributed by atoms with Gasteiger partial charge in [0.2, 0.25) is 0 Å². The quantitative estimate of drug-likeness (QED) is 0.838. The molecule has 0 radical (unpaired) electrons. The molecule has 0 heterocycles. The van der Waals surface area contributed by atoms with Gasteiger partial charge in [0.25, 0.3) is 5.91 Å². The van der Waals surface area contributed by atoms with Gasteiger partial charge in [-0.25, -0.2) is 4.39 Å². The van der Waals surface area contributed by atoms with E-state index in [1.807, 2.05) is 38.1 Å². The molecule has 2 rings (SSSR count). The molecule has 0 fully saturated rings. The van der Waals surface area contributed by atoms with E-state index >= 15 is 0 Å². The minimum atomic E-state index is -0.629. The van der Waals surface area contributed by atoms with Gasteiger partial charge in [-0.2, -0.15) is 0 Å². The summed E-state index contributed by atoms with van der Waals surface area (Å²) in [5.41, 5.74) is 0.973. The van der Waals surface area contributed by atoms with E-state index in [1.165, 1.54) is 24.3 Å². The minimum absolute atomic E-state index is 0.158. The second kappa shape index (κ2) is 8.34. The number of halogens is 1. The third kappa shape index (κ3) is 4.72. The standard InChI is InChI=1S/C19H22FNO3/c1-4-18(24-17-11-7-15(20)8-12-17)19(22)21-13(2)14-5-9-16(23-3)10-6-14/h5-13,18H,4H2,1-3H3,(H,21,22)/t13-,18+/m0/s1. The van der Waals surface area contributed by atoms with Gasteiger partial charge in [-0.05, 0) is 55.3 Å². The summed E-state index contributed by atoms with van der Waals surface area (Å²) >= 11 is 0. The van der Waals surface area contributed by atoms with Gasteiger partial charge in [0.05, 0.1) is 13.2 Å². The number of methoxy groups -OCH3 is 1. The van der Waals surface area contributed by atoms with Crippen molar-refractivity contribution in [2.45, 2.75) is 32.4 Å². The van der Waals surface area contributed by atoms with Crippen LogP contribution in [0.5, 0.6) is 11.5 Å². The summed E-state index contributed by atoms with van der Waals surface area (Å²) < 4.78 is 23.7. The molecule has 0 saturated heterocycles. The van der Waals surface area contributed by atoms with Crippen LogP contribution in [-0.2, 0) is 4.79 Å². The third-order valence-corrected chi connectivity index (χ3v) is 3.73. The predicted molar refractivity (Wildman–Crippen MR) is 90.7 cm³/mol. The zero-order chi connectivity index (χ0) is 17.5. The van der Waals surface area contributed by atoms with Crippen LogP contribution in [-0.4, -0.2) is 19.1 Å². The van der Waals surface area contributed by atoms with Crippen LogP contribution in [0.15, 0.2) is 48.5 Å². The number of hydrogen-bond acceptors (Lipinski definition) is 3. The Bertz CT molecular complexity index is 655. The van der Waals surface area contributed by atoms with Crippen LogP contribution < -0.4 is 14.8 Å². The van der Waals surface area contributed by atoms with Crippen molar-refractivity contribution < 1.29 is 18.7 Å². The molecule has 0 bridgehead atoms. The van der Waals surface area contributed by atoms with Crippen molar-refractivity contribution in [2.75, 3.05) is 7.11 Å². The first-order chi connectivity index (χ1) is 11.5. The molecule has 0 aromatic heterocycles. The molecule has 0 aliphatic carbocycles. The average molecular weight is 331 g/mol. The van der Waals surface area contributed by atoms with Crippen LogP contribution in [0.3, 0.4) is 0 Å². The molecule has 0 unspecified atom stereocenters. The van der Waals surface area contributed by atoms with Gasteiger partial charge in [-0.3, -0.25) is 4.79 Å². The zero-order valence-corrected chi connectivity index (χ0v) is 14.1. The number of hydrogen-bond donors (Lipinski definition) is 1. The van der Waals surface area contributed by atoms with Crippen LogP contribution in [0.4, 0.5) is 4.39 Å². The Kier molecular flexibility index (Phi) is 6.18. The van der Waals surface area contributed by atoms with Crippen molar-refractivity contribution >= 4 is 5.91 Å². The number of nitrogens with one attached hydrogen (secondary N) is 1. The molecule has 2 aromatic rings. The van der Waals surface area contributed by atoms with E-state index in [4.69, 9.17) is 9.47 Å². The summed E-state index contributed by atoms with van der Waals surface area (Å²) in [5.74, 6) is 0.692. The van der Waals surface area contributed by atoms with Gasteiger partial charge in [0.1, 0.15) is 17.3 Å². The van der Waals surface area contributed by atoms with Crippen molar-refractivity contribution in [3.8, 4) is 11.5 Å². The lowest BCUT2D eigenvalue weighted by Gasteiger charge is -2.21. The van der Waals surface area contributed by atoms with Crippen LogP contribution in [0.1, 0.15) is 31.9 Å². The highest BCUT2D eigenvalue weighted by molar-refractivity contribution is 5.81. The van der Waals surface area contributed by atoms with Crippen LogP contribution in [0.2, 0.25) is 0 Å². The Morgan fingerprint density at radius 2 is 1.67 bits per heavy atom. The van der Waals surface area contributed by atoms with Gasteiger partial charge in [-0.1, -0.05) is 19.1 Å². The normalized spacial score (nSPS) is 13.0. The minimum Gasteiger partial charge on any atom is -0.497 e. The first-order valence-corrected chi connectivity index (χ1v) is 7.90. The molecule has 1 N–H and O–H groups in total. The van der Waals surface area contributed by atoms with E-state index < -0.39 is 6.10 Å². The Morgan fingerprint density at radius 1 is 1.08 bits per heavy atom. The van der Waals surface area contributed by atoms with Crippen LogP contribution in [0.25, 0.3) is 0 Å². The highest BCUT2D eigenvalue weighted by Crippen LogP contribution is 2.19. The summed E-state index contributed by atoms with van der Waals surface area (Å²) in [6, 6.07) is 13.0. The molecule has 24 heavy (non-hydrogen) atoms. The second-order valence-corrected chi connectivity index (χ2v) is 5.47. The second-order valence-electron chi connectivity index (χ2n) is 5.47. The van der Waals surface area contributed by atoms with E-state index in [0.717, 1.165) is 11.3 Å². The van der Waals surface area contributed by atoms with E-state index in [-0.39, 0.29) is 17.8 Å². The largest absolute Gasteiger partial charge is 0.497 e. The summed E-state index contributed by atoms with van der Waals surface area (Å²) in [6.07, 6.45) is -0.116. The van der Waals surface area contributed by atoms with Crippen molar-refractivity contribution in [1.29, 1.82) is 0 Å². The first-order valence-electron chi connectivity index (χ1n) is 7.90. The van der Waals surface area contributed by atoms with Crippen LogP contribution >= 0.6 is 0 Å². The molecule has 4 nitrogen and oxygen atoms in total. The predicted octanol–water partition coefficient (Wildman–Crippen LogP) is 3.87. The average Bonchev–Trinajstić information content (AvgIpc) is 2.61. The van der Waals surface area contributed by atoms with Gasteiger partial charge in [0, 0.05) is 0 Å². The monoisotopic (exact) mass is 331 g/mol. The molecule has 0 spiro atoms. The van der Waals surface area contributed by atoms with Gasteiger partial charge >= 0.3 is 0 Å². The number of carbonyl (C=O) groups excluding carboxylic acids is 1. The Morgan fingerprint density at radius 3 is 2.21 bits per heavy atom. The van der Waals surface area contributed by atoms with Crippen molar-refractivity contribution in [1.82, 2.24) is 5.32 Å². The van der Waals surface area contributed by atoms with E-state index in [2.05, 4.69) is 5.32 Å². The van der Waals surface area contributed by atoms with E-state index in [0.29, 0.717) is 12.2 Å². The van der Waals surface area contributed by atoms with Crippen LogP contribution in [0, 0.1) is 5.82 Å². The highest BCUT2D eigenvalue weighted by atomic mass is 19.1. The lowest BCUT2D eigenvalue weighted by atomic mass is 10.1. The third-order valence-electron chi connectivity index (χ3n) is 3.73. The van der Waals surface area contributed by atoms with Gasteiger partial charge < -0.3 is 14.8 Å². The van der Waals surface area contributed by atoms with Crippen molar-refractivity contribution in [3.05, 3.63) is 59.9 Å². The maximum atomic E-state index is 12.9. The highest BCUT2D eigenvalue weighted by Gasteiger charge is 2.20. The molecule has 0 aliphatic heterocycles. The lowest BCUT2D eigenvalue weighted by Crippen LogP contribution is -2.39. The first kappa shape index (κ1) is 17.8. The summed E-state index contributed by atoms with van der Waals surface area (Å²) in [6.45, 7) is 3.77. The summed E-state index contributed by atoms with van der Waals surface area (Å²) in [5, 5.41) is 2.94. The van der Waals surface area contributed by atoms with E-state index in [9.17, 15) is 9.18 Å². The van der Waals surface area contributed by atoms with Gasteiger partial charge in [0.15, 0.2) is 6.10 Å². The zero-order valence-electron chi connectivity index (χ0n) is 14.1. The molecule has 2 aromatic carbocycles. The number of amides is 1. The molecule has 2 atom stereocenters. The Balaban J connectivity index is 1.98. The number of ether oxygens (including phenoxy) is 2. The van der Waals surface area contributed by atoms with Crippen molar-refractivity contribution in [2.24, 2.45) is 0 Å². The lowest BCUT2D eigenvalue weighted by molar-refractivity contribution is -0.128. The molecule has 5 heteroatoms. The fourth-order valence-corrected chi connectivity index (χ4v) is 2.28. The number of rotatable bonds is 7.